The fraction of sp³-hybridized carbons (Fsp3) is 0.364. The maximum atomic E-state index is 13.2. The molecule has 9 heteroatoms. The minimum atomic E-state index is -3.58. The first-order valence-corrected chi connectivity index (χ1v) is 11.7. The fourth-order valence-corrected chi connectivity index (χ4v) is 5.55. The third-order valence-corrected chi connectivity index (χ3v) is 7.78. The van der Waals surface area contributed by atoms with E-state index in [2.05, 4.69) is 10.1 Å². The van der Waals surface area contributed by atoms with Gasteiger partial charge in [-0.15, -0.1) is 0 Å². The number of ether oxygens (including phenoxy) is 2. The number of nitrogens with zero attached hydrogens (tertiary/aromatic N) is 3. The highest BCUT2D eigenvalue weighted by molar-refractivity contribution is 7.89. The molecule has 8 nitrogen and oxygen atoms in total. The molecule has 0 amide bonds. The number of piperidine rings is 1. The van der Waals surface area contributed by atoms with Gasteiger partial charge in [0.05, 0.1) is 10.8 Å². The van der Waals surface area contributed by atoms with Crippen LogP contribution in [0.15, 0.2) is 45.8 Å². The van der Waals surface area contributed by atoms with E-state index in [1.165, 1.54) is 4.31 Å². The summed E-state index contributed by atoms with van der Waals surface area (Å²) in [6.45, 7) is 4.88. The van der Waals surface area contributed by atoms with E-state index >= 15 is 0 Å². The van der Waals surface area contributed by atoms with Crippen molar-refractivity contribution in [1.29, 1.82) is 0 Å². The molecule has 162 valence electrons. The molecule has 31 heavy (non-hydrogen) atoms. The van der Waals surface area contributed by atoms with Crippen molar-refractivity contribution in [3.05, 3.63) is 53.4 Å². The van der Waals surface area contributed by atoms with Crippen LogP contribution >= 0.6 is 0 Å². The van der Waals surface area contributed by atoms with Crippen LogP contribution in [0.4, 0.5) is 0 Å². The van der Waals surface area contributed by atoms with Crippen molar-refractivity contribution in [3.8, 4) is 22.9 Å². The summed E-state index contributed by atoms with van der Waals surface area (Å²) < 4.78 is 44.2. The molecule has 2 aliphatic heterocycles. The lowest BCUT2D eigenvalue weighted by molar-refractivity contribution is 0.174. The van der Waals surface area contributed by atoms with Gasteiger partial charge in [0, 0.05) is 18.7 Å². The lowest BCUT2D eigenvalue weighted by atomic mass is 10.00. The molecule has 0 N–H and O–H groups in total. The maximum Gasteiger partial charge on any atom is 0.243 e. The van der Waals surface area contributed by atoms with E-state index in [0.717, 1.165) is 29.5 Å². The van der Waals surface area contributed by atoms with Crippen LogP contribution in [0, 0.1) is 13.8 Å². The molecule has 1 fully saturated rings. The second-order valence-electron chi connectivity index (χ2n) is 7.97. The van der Waals surface area contributed by atoms with Crippen LogP contribution in [0.3, 0.4) is 0 Å². The third-order valence-electron chi connectivity index (χ3n) is 5.92. The van der Waals surface area contributed by atoms with E-state index in [0.29, 0.717) is 41.2 Å². The fourth-order valence-electron chi connectivity index (χ4n) is 3.94. The van der Waals surface area contributed by atoms with Crippen molar-refractivity contribution >= 4 is 10.0 Å². The number of sulfonamides is 1. The standard InChI is InChI=1S/C22H23N3O5S/c1-14-5-7-18(10-15(14)2)31(26,27)25-9-3-4-17(12-25)22-23-21(24-30-22)16-6-8-19-20(11-16)29-13-28-19/h5-8,10-11,17H,3-4,9,12-13H2,1-2H3/t17-/m1/s1. The maximum absolute atomic E-state index is 13.2. The molecular formula is C22H23N3O5S. The molecule has 0 aliphatic carbocycles. The average molecular weight is 442 g/mol. The van der Waals surface area contributed by atoms with E-state index in [9.17, 15) is 8.42 Å². The van der Waals surface area contributed by atoms with Gasteiger partial charge in [0.1, 0.15) is 0 Å². The monoisotopic (exact) mass is 441 g/mol. The predicted octanol–water partition coefficient (Wildman–Crippen LogP) is 3.65. The van der Waals surface area contributed by atoms with Gasteiger partial charge < -0.3 is 14.0 Å². The summed E-state index contributed by atoms with van der Waals surface area (Å²) in [7, 11) is -3.58. The zero-order valence-corrected chi connectivity index (χ0v) is 18.2. The molecule has 1 aromatic heterocycles. The van der Waals surface area contributed by atoms with Crippen molar-refractivity contribution < 1.29 is 22.4 Å². The van der Waals surface area contributed by atoms with E-state index < -0.39 is 10.0 Å². The van der Waals surface area contributed by atoms with E-state index in [4.69, 9.17) is 14.0 Å². The molecule has 1 saturated heterocycles. The Morgan fingerprint density at radius 3 is 2.71 bits per heavy atom. The molecule has 3 aromatic rings. The Morgan fingerprint density at radius 2 is 1.87 bits per heavy atom. The van der Waals surface area contributed by atoms with Crippen molar-refractivity contribution in [2.45, 2.75) is 37.5 Å². The van der Waals surface area contributed by atoms with Gasteiger partial charge in [-0.2, -0.15) is 9.29 Å². The van der Waals surface area contributed by atoms with Gasteiger partial charge in [0.25, 0.3) is 0 Å². The highest BCUT2D eigenvalue weighted by Crippen LogP contribution is 2.36. The third kappa shape index (κ3) is 3.68. The Morgan fingerprint density at radius 1 is 1.03 bits per heavy atom. The summed E-state index contributed by atoms with van der Waals surface area (Å²) in [4.78, 5) is 4.87. The molecule has 0 unspecified atom stereocenters. The predicted molar refractivity (Wildman–Crippen MR) is 113 cm³/mol. The summed E-state index contributed by atoms with van der Waals surface area (Å²) in [6, 6.07) is 10.7. The van der Waals surface area contributed by atoms with Gasteiger partial charge in [0.15, 0.2) is 11.5 Å². The summed E-state index contributed by atoms with van der Waals surface area (Å²) in [5.41, 5.74) is 2.78. The molecule has 2 aromatic carbocycles. The second-order valence-corrected chi connectivity index (χ2v) is 9.91. The number of hydrogen-bond donors (Lipinski definition) is 0. The summed E-state index contributed by atoms with van der Waals surface area (Å²) in [5.74, 6) is 2.08. The smallest absolute Gasteiger partial charge is 0.243 e. The Kier molecular flexibility index (Phi) is 4.94. The summed E-state index contributed by atoms with van der Waals surface area (Å²) in [6.07, 6.45) is 1.53. The topological polar surface area (TPSA) is 94.8 Å². The van der Waals surface area contributed by atoms with Crippen LogP contribution in [-0.2, 0) is 10.0 Å². The zero-order valence-electron chi connectivity index (χ0n) is 17.4. The van der Waals surface area contributed by atoms with Crippen molar-refractivity contribution in [3.63, 3.8) is 0 Å². The van der Waals surface area contributed by atoms with Crippen LogP contribution in [0.25, 0.3) is 11.4 Å². The van der Waals surface area contributed by atoms with Gasteiger partial charge in [-0.3, -0.25) is 0 Å². The second kappa shape index (κ2) is 7.65. The molecule has 0 bridgehead atoms. The lowest BCUT2D eigenvalue weighted by Crippen LogP contribution is -2.39. The molecule has 0 saturated carbocycles. The quantitative estimate of drug-likeness (QED) is 0.610. The summed E-state index contributed by atoms with van der Waals surface area (Å²) >= 11 is 0. The van der Waals surface area contributed by atoms with E-state index in [1.807, 2.05) is 38.1 Å². The SMILES string of the molecule is Cc1ccc(S(=O)(=O)N2CCC[C@@H](c3nc(-c4ccc5c(c4)OCO5)no3)C2)cc1C. The van der Waals surface area contributed by atoms with Gasteiger partial charge in [-0.05, 0) is 68.1 Å². The van der Waals surface area contributed by atoms with Gasteiger partial charge in [-0.25, -0.2) is 8.42 Å². The van der Waals surface area contributed by atoms with Crippen LogP contribution in [0.5, 0.6) is 11.5 Å². The summed E-state index contributed by atoms with van der Waals surface area (Å²) in [5, 5.41) is 4.10. The number of fused-ring (bicyclic) bond motifs is 1. The number of hydrogen-bond acceptors (Lipinski definition) is 7. The van der Waals surface area contributed by atoms with Crippen LogP contribution < -0.4 is 9.47 Å². The molecule has 1 atom stereocenters. The first-order valence-electron chi connectivity index (χ1n) is 10.2. The molecule has 3 heterocycles. The lowest BCUT2D eigenvalue weighted by Gasteiger charge is -2.30. The number of aryl methyl sites for hydroxylation is 2. The van der Waals surface area contributed by atoms with Gasteiger partial charge in [-0.1, -0.05) is 11.2 Å². The first-order chi connectivity index (χ1) is 14.9. The van der Waals surface area contributed by atoms with Crippen LogP contribution in [0.2, 0.25) is 0 Å². The van der Waals surface area contributed by atoms with E-state index in [1.54, 1.807) is 12.1 Å². The minimum absolute atomic E-state index is 0.148. The Balaban J connectivity index is 1.37. The Labute approximate surface area is 180 Å². The molecule has 5 rings (SSSR count). The van der Waals surface area contributed by atoms with Crippen LogP contribution in [-0.4, -0.2) is 42.7 Å². The highest BCUT2D eigenvalue weighted by atomic mass is 32.2. The molecule has 0 spiro atoms. The normalized spacial score (nSPS) is 19.0. The molecule has 2 aliphatic rings. The Hall–Kier alpha value is -2.91. The van der Waals surface area contributed by atoms with Gasteiger partial charge >= 0.3 is 0 Å². The first kappa shape index (κ1) is 20.0. The molecular weight excluding hydrogens is 418 g/mol. The molecule has 0 radical (unpaired) electrons. The van der Waals surface area contributed by atoms with E-state index in [-0.39, 0.29) is 12.7 Å². The van der Waals surface area contributed by atoms with Crippen molar-refractivity contribution in [1.82, 2.24) is 14.4 Å². The van der Waals surface area contributed by atoms with Gasteiger partial charge in [0.2, 0.25) is 28.5 Å². The van der Waals surface area contributed by atoms with Crippen LogP contribution in [0.1, 0.15) is 35.8 Å². The zero-order chi connectivity index (χ0) is 21.6. The highest BCUT2D eigenvalue weighted by Gasteiger charge is 2.33. The largest absolute Gasteiger partial charge is 0.454 e. The number of aromatic nitrogens is 2. The average Bonchev–Trinajstić information content (AvgIpc) is 3.45. The minimum Gasteiger partial charge on any atom is -0.454 e. The number of benzene rings is 2. The number of rotatable bonds is 4. The Bertz CT molecular complexity index is 1240. The van der Waals surface area contributed by atoms with Crippen molar-refractivity contribution in [2.75, 3.05) is 19.9 Å². The van der Waals surface area contributed by atoms with Crippen molar-refractivity contribution in [2.24, 2.45) is 0 Å².